The highest BCUT2D eigenvalue weighted by Crippen LogP contribution is 2.45. The monoisotopic (exact) mass is 1590 g/mol. The van der Waals surface area contributed by atoms with Crippen molar-refractivity contribution in [2.75, 3.05) is 48.7 Å². The highest BCUT2D eigenvalue weighted by atomic mass is 16.7. The zero-order chi connectivity index (χ0) is 82.9. The maximum Gasteiger partial charge on any atom is 0.514 e. The molecule has 15 aromatic carbocycles. The van der Waals surface area contributed by atoms with Crippen LogP contribution in [0.3, 0.4) is 0 Å². The fourth-order valence-electron chi connectivity index (χ4n) is 14.8. The number of nitrogens with zero attached hydrogens (tertiary/aromatic N) is 3. The summed E-state index contributed by atoms with van der Waals surface area (Å²) in [4.78, 5) is 53.1. The lowest BCUT2D eigenvalue weighted by atomic mass is 9.86. The molecule has 0 fully saturated rings. The summed E-state index contributed by atoms with van der Waals surface area (Å²) >= 11 is 0. The summed E-state index contributed by atoms with van der Waals surface area (Å²) in [6.07, 6.45) is 12.9. The van der Waals surface area contributed by atoms with Crippen molar-refractivity contribution in [3.05, 3.63) is 378 Å². The maximum absolute atomic E-state index is 12.4. The van der Waals surface area contributed by atoms with Crippen LogP contribution >= 0.6 is 0 Å². The van der Waals surface area contributed by atoms with Gasteiger partial charge in [-0.1, -0.05) is 212 Å². The van der Waals surface area contributed by atoms with Gasteiger partial charge in [0.25, 0.3) is 0 Å². The third kappa shape index (κ3) is 21.6. The van der Waals surface area contributed by atoms with E-state index in [9.17, 15) is 19.2 Å². The molecule has 600 valence electrons. The van der Waals surface area contributed by atoms with Crippen LogP contribution in [-0.4, -0.2) is 58.1 Å². The smallest absolute Gasteiger partial charge is 0.497 e. The van der Waals surface area contributed by atoms with Gasteiger partial charge in [-0.05, 0) is 276 Å². The second-order valence-corrected chi connectivity index (χ2v) is 29.4. The van der Waals surface area contributed by atoms with Gasteiger partial charge in [0, 0.05) is 63.7 Å². The molecule has 0 saturated carbocycles. The number of aryl methyl sites for hydroxylation is 2. The van der Waals surface area contributed by atoms with E-state index in [0.29, 0.717) is 18.1 Å². The number of ether oxygens (including phenoxy) is 7. The molecule has 0 radical (unpaired) electrons. The number of esters is 1. The molecule has 1 unspecified atom stereocenters. The van der Waals surface area contributed by atoms with Gasteiger partial charge in [-0.15, -0.1) is 0 Å². The van der Waals surface area contributed by atoms with Crippen LogP contribution in [0, 0.1) is 6.92 Å². The zero-order valence-electron chi connectivity index (χ0n) is 68.0. The Morgan fingerprint density at radius 3 is 1.18 bits per heavy atom. The lowest BCUT2D eigenvalue weighted by Crippen LogP contribution is -2.15. The topological polar surface area (TPSA) is 143 Å². The first-order chi connectivity index (χ1) is 58.8. The van der Waals surface area contributed by atoms with Gasteiger partial charge in [0.1, 0.15) is 23.0 Å². The Balaban J connectivity index is 0.000000197. The highest BCUT2D eigenvalue weighted by Gasteiger charge is 2.22. The van der Waals surface area contributed by atoms with Crippen LogP contribution in [0.5, 0.6) is 23.0 Å². The summed E-state index contributed by atoms with van der Waals surface area (Å²) < 4.78 is 36.6. The Kier molecular flexibility index (Phi) is 27.6. The quantitative estimate of drug-likeness (QED) is 0.00985. The van der Waals surface area contributed by atoms with Gasteiger partial charge in [0.15, 0.2) is 12.4 Å². The van der Waals surface area contributed by atoms with Crippen molar-refractivity contribution in [3.8, 4) is 23.0 Å². The molecule has 0 amide bonds. The van der Waals surface area contributed by atoms with Crippen LogP contribution in [0.15, 0.2) is 334 Å². The minimum Gasteiger partial charge on any atom is -0.497 e. The van der Waals surface area contributed by atoms with Crippen molar-refractivity contribution >= 4 is 132 Å². The molecule has 0 aliphatic heterocycles. The summed E-state index contributed by atoms with van der Waals surface area (Å²) in [6.45, 7) is 5.25. The Bertz CT molecular complexity index is 5910. The number of benzene rings is 15. The molecule has 14 heteroatoms. The van der Waals surface area contributed by atoms with Gasteiger partial charge >= 0.3 is 18.3 Å². The number of carbonyl (C=O) groups excluding carboxylic acids is 4. The largest absolute Gasteiger partial charge is 0.514 e. The predicted octanol–water partition coefficient (Wildman–Crippen LogP) is 27.2. The normalized spacial score (nSPS) is 11.4. The second-order valence-electron chi connectivity index (χ2n) is 29.4. The van der Waals surface area contributed by atoms with E-state index >= 15 is 0 Å². The fraction of sp³-hybridized carbons (Fsp3) is 0.151. The van der Waals surface area contributed by atoms with Gasteiger partial charge in [0.2, 0.25) is 0 Å². The third-order valence-corrected chi connectivity index (χ3v) is 21.0. The molecular weight excluding hydrogens is 1490 g/mol. The van der Waals surface area contributed by atoms with E-state index in [1.807, 2.05) is 109 Å². The number of rotatable bonds is 32. The average molecular weight is 1590 g/mol. The van der Waals surface area contributed by atoms with Crippen molar-refractivity contribution in [1.29, 1.82) is 0 Å². The van der Waals surface area contributed by atoms with Crippen LogP contribution in [0.25, 0.3) is 56.6 Å². The molecular formula is C106H95N3O11. The minimum atomic E-state index is -0.921. The van der Waals surface area contributed by atoms with E-state index in [0.717, 1.165) is 135 Å². The molecule has 120 heavy (non-hydrogen) atoms. The van der Waals surface area contributed by atoms with E-state index in [1.54, 1.807) is 26.4 Å². The SMILES string of the molecule is COc1ccc(C(CCCc2ccc(N(c3ccc(C)cc3)c3ccc4ccc5cccc6ccc3c4c56)cc2)c2ccc(OC(=O)OCCCCCCOC(C)=O)cc2)cc1.COc1ccc(N(c2ccccc2)c2ccc(C=Cc3ccc(C=Cc4ccc(N(c5ccccc5)c5ccc(OC(=O)OCC(C)=O)cc5)cc4)cc3)cc2)cc1. The van der Waals surface area contributed by atoms with Crippen molar-refractivity contribution in [1.82, 2.24) is 0 Å². The number of unbranched alkanes of at least 4 members (excludes halogenated alkanes) is 3. The number of carbonyl (C=O) groups is 4. The molecule has 0 heterocycles. The van der Waals surface area contributed by atoms with Crippen LogP contribution in [-0.2, 0) is 30.2 Å². The molecule has 0 aromatic heterocycles. The Labute approximate surface area is 701 Å². The second kappa shape index (κ2) is 40.4. The number of ketones is 1. The Morgan fingerprint density at radius 2 is 0.708 bits per heavy atom. The van der Waals surface area contributed by atoms with Crippen LogP contribution < -0.4 is 33.6 Å². The fourth-order valence-corrected chi connectivity index (χ4v) is 14.8. The van der Waals surface area contributed by atoms with E-state index in [-0.39, 0.29) is 30.9 Å². The van der Waals surface area contributed by atoms with Gasteiger partial charge in [-0.3, -0.25) is 9.59 Å². The maximum atomic E-state index is 12.4. The van der Waals surface area contributed by atoms with Gasteiger partial charge in [-0.2, -0.15) is 0 Å². The van der Waals surface area contributed by atoms with Crippen molar-refractivity contribution in [3.63, 3.8) is 0 Å². The first kappa shape index (κ1) is 82.0. The summed E-state index contributed by atoms with van der Waals surface area (Å²) in [5.74, 6) is 2.00. The van der Waals surface area contributed by atoms with E-state index in [4.69, 9.17) is 33.2 Å². The van der Waals surface area contributed by atoms with Gasteiger partial charge in [0.05, 0.1) is 33.1 Å². The molecule has 0 saturated heterocycles. The standard InChI is InChI=1S/C55H53NO6.C51H42N2O5/c1-38-14-26-46(27-15-38)56(52-35-25-45-19-18-43-11-9-12-44-24-34-51(52)54(45)53(43)44)47-28-16-40(17-29-47)10-8-13-50(41-20-30-48(59-3)31-21-41)42-22-32-49(33-23-42)62-55(58)61-37-7-5-4-6-36-60-39(2)57;1-38(54)37-57-51(55)58-50-35-31-48(32-36-50)53(44-11-7-4-8-12-44)46-27-23-42(24-28-46)20-18-40-15-13-39(14-16-40)17-19-41-21-25-45(26-22-41)52(43-9-5-3-6-10-43)47-29-33-49(56-2)34-30-47/h9,11-12,14-35,50H,4-8,10,13,36-37H2,1-3H3;3-36H,37H2,1-2H3. The van der Waals surface area contributed by atoms with Gasteiger partial charge in [-0.25, -0.2) is 9.59 Å². The molecule has 1 atom stereocenters. The zero-order valence-corrected chi connectivity index (χ0v) is 68.0. The molecule has 15 aromatic rings. The van der Waals surface area contributed by atoms with Crippen LogP contribution in [0.1, 0.15) is 103 Å². The lowest BCUT2D eigenvalue weighted by molar-refractivity contribution is -0.141. The summed E-state index contributed by atoms with van der Waals surface area (Å²) in [7, 11) is 3.36. The number of para-hydroxylation sites is 2. The van der Waals surface area contributed by atoms with E-state index < -0.39 is 12.3 Å². The van der Waals surface area contributed by atoms with Crippen molar-refractivity contribution < 1.29 is 52.3 Å². The summed E-state index contributed by atoms with van der Waals surface area (Å²) in [5, 5.41) is 7.62. The molecule has 0 N–H and O–H groups in total. The summed E-state index contributed by atoms with van der Waals surface area (Å²) in [6, 6.07) is 115. The summed E-state index contributed by atoms with van der Waals surface area (Å²) in [5.41, 5.74) is 18.7. The molecule has 0 aliphatic carbocycles. The first-order valence-corrected chi connectivity index (χ1v) is 40.6. The molecule has 15 rings (SSSR count). The number of hydrogen-bond acceptors (Lipinski definition) is 14. The highest BCUT2D eigenvalue weighted by molar-refractivity contribution is 6.25. The number of hydrogen-bond donors (Lipinski definition) is 0. The number of Topliss-reactive ketones (excluding diaryl/α,β-unsaturated/α-hetero) is 1. The first-order valence-electron chi connectivity index (χ1n) is 40.6. The van der Waals surface area contributed by atoms with Crippen LogP contribution in [0.2, 0.25) is 0 Å². The number of methoxy groups -OCH3 is 2. The Morgan fingerprint density at radius 1 is 0.333 bits per heavy atom. The predicted molar refractivity (Wildman–Crippen MR) is 487 cm³/mol. The number of anilines is 9. The van der Waals surface area contributed by atoms with Crippen LogP contribution in [0.4, 0.5) is 60.8 Å². The molecule has 0 spiro atoms. The molecule has 0 aliphatic rings. The molecule has 0 bridgehead atoms. The van der Waals surface area contributed by atoms with Crippen molar-refractivity contribution in [2.45, 2.75) is 71.6 Å². The van der Waals surface area contributed by atoms with E-state index in [2.05, 4.69) is 258 Å². The average Bonchev–Trinajstić information content (AvgIpc) is 0.730. The minimum absolute atomic E-state index is 0.133. The van der Waals surface area contributed by atoms with Crippen molar-refractivity contribution in [2.24, 2.45) is 0 Å². The lowest BCUT2D eigenvalue weighted by Gasteiger charge is -2.28. The third-order valence-electron chi connectivity index (χ3n) is 21.0. The van der Waals surface area contributed by atoms with Gasteiger partial charge < -0.3 is 47.9 Å². The Hall–Kier alpha value is -14.5. The molecule has 14 nitrogen and oxygen atoms in total. The van der Waals surface area contributed by atoms with E-state index in [1.165, 1.54) is 62.9 Å².